The number of rotatable bonds is 4. The fraction of sp³-hybridized carbons (Fsp3) is 0.538. The van der Waals surface area contributed by atoms with Gasteiger partial charge in [-0.25, -0.2) is 0 Å². The summed E-state index contributed by atoms with van der Waals surface area (Å²) in [7, 11) is 0. The topological polar surface area (TPSA) is 59.2 Å². The summed E-state index contributed by atoms with van der Waals surface area (Å²) in [6.45, 7) is 3.75. The molecule has 1 aromatic heterocycles. The van der Waals surface area contributed by atoms with Crippen molar-refractivity contribution in [2.24, 2.45) is 5.73 Å². The number of nitrogens with two attached hydrogens (primary N) is 1. The molecule has 1 fully saturated rings. The van der Waals surface area contributed by atoms with E-state index in [1.54, 1.807) is 13.1 Å². The fourth-order valence-electron chi connectivity index (χ4n) is 2.04. The average Bonchev–Trinajstić information content (AvgIpc) is 3.14. The van der Waals surface area contributed by atoms with Crippen LogP contribution in [0.25, 0.3) is 0 Å². The molecule has 92 valence electrons. The first-order valence-electron chi connectivity index (χ1n) is 6.10. The van der Waals surface area contributed by atoms with E-state index in [1.165, 1.54) is 0 Å². The third-order valence-corrected chi connectivity index (χ3v) is 3.12. The molecule has 1 aliphatic rings. The Morgan fingerprint density at radius 3 is 2.65 bits per heavy atom. The minimum Gasteiger partial charge on any atom is -0.330 e. The lowest BCUT2D eigenvalue weighted by molar-refractivity contribution is -0.135. The molecule has 4 heteroatoms. The minimum atomic E-state index is -0.443. The summed E-state index contributed by atoms with van der Waals surface area (Å²) < 4.78 is 0. The smallest absolute Gasteiger partial charge is 0.240 e. The number of amides is 1. The van der Waals surface area contributed by atoms with Gasteiger partial charge in [-0.2, -0.15) is 0 Å². The second-order valence-electron chi connectivity index (χ2n) is 4.70. The molecule has 0 radical (unpaired) electrons. The van der Waals surface area contributed by atoms with Gasteiger partial charge in [-0.1, -0.05) is 6.07 Å². The van der Waals surface area contributed by atoms with Gasteiger partial charge in [-0.3, -0.25) is 9.78 Å². The molecule has 1 saturated carbocycles. The Morgan fingerprint density at radius 1 is 1.47 bits per heavy atom. The van der Waals surface area contributed by atoms with Crippen molar-refractivity contribution in [2.75, 3.05) is 0 Å². The van der Waals surface area contributed by atoms with Crippen molar-refractivity contribution >= 4 is 5.91 Å². The van der Waals surface area contributed by atoms with Gasteiger partial charge in [-0.15, -0.1) is 0 Å². The van der Waals surface area contributed by atoms with Gasteiger partial charge in [0.1, 0.15) is 0 Å². The zero-order valence-electron chi connectivity index (χ0n) is 10.3. The molecule has 1 unspecified atom stereocenters. The second-order valence-corrected chi connectivity index (χ2v) is 4.70. The van der Waals surface area contributed by atoms with Crippen molar-refractivity contribution in [1.82, 2.24) is 9.88 Å². The van der Waals surface area contributed by atoms with Crippen molar-refractivity contribution < 1.29 is 4.79 Å². The van der Waals surface area contributed by atoms with E-state index >= 15 is 0 Å². The van der Waals surface area contributed by atoms with E-state index in [4.69, 9.17) is 5.73 Å². The summed E-state index contributed by atoms with van der Waals surface area (Å²) in [6, 6.07) is 5.69. The van der Waals surface area contributed by atoms with Crippen LogP contribution in [0.15, 0.2) is 24.4 Å². The molecule has 0 bridgehead atoms. The summed E-state index contributed by atoms with van der Waals surface area (Å²) in [5.41, 5.74) is 6.63. The first kappa shape index (κ1) is 12.0. The zero-order chi connectivity index (χ0) is 12.4. The molecular formula is C13H19N3O. The quantitative estimate of drug-likeness (QED) is 0.857. The Morgan fingerprint density at radius 2 is 2.18 bits per heavy atom. The van der Waals surface area contributed by atoms with Crippen LogP contribution in [-0.2, 0) is 4.79 Å². The highest BCUT2D eigenvalue weighted by molar-refractivity contribution is 5.82. The highest BCUT2D eigenvalue weighted by Gasteiger charge is 2.37. The van der Waals surface area contributed by atoms with Crippen LogP contribution in [-0.4, -0.2) is 27.9 Å². The van der Waals surface area contributed by atoms with E-state index < -0.39 is 6.04 Å². The maximum Gasteiger partial charge on any atom is 0.240 e. The highest BCUT2D eigenvalue weighted by atomic mass is 16.2. The van der Waals surface area contributed by atoms with Crippen LogP contribution in [0.2, 0.25) is 0 Å². The lowest BCUT2D eigenvalue weighted by atomic mass is 10.1. The molecular weight excluding hydrogens is 214 g/mol. The molecule has 1 aromatic rings. The van der Waals surface area contributed by atoms with E-state index in [-0.39, 0.29) is 11.9 Å². The molecule has 2 rings (SSSR count). The monoisotopic (exact) mass is 233 g/mol. The molecule has 0 aliphatic heterocycles. The summed E-state index contributed by atoms with van der Waals surface area (Å²) in [5, 5.41) is 0. The van der Waals surface area contributed by atoms with Gasteiger partial charge in [0.2, 0.25) is 5.91 Å². The molecule has 1 aliphatic carbocycles. The molecule has 2 N–H and O–H groups in total. The number of pyridine rings is 1. The fourth-order valence-corrected chi connectivity index (χ4v) is 2.04. The van der Waals surface area contributed by atoms with Crippen LogP contribution in [0.1, 0.15) is 38.4 Å². The molecule has 0 aromatic carbocycles. The highest BCUT2D eigenvalue weighted by Crippen LogP contribution is 2.34. The molecule has 2 atom stereocenters. The van der Waals surface area contributed by atoms with E-state index in [9.17, 15) is 4.79 Å². The second kappa shape index (κ2) is 4.84. The third kappa shape index (κ3) is 2.64. The van der Waals surface area contributed by atoms with E-state index in [1.807, 2.05) is 30.0 Å². The Kier molecular flexibility index (Phi) is 3.43. The predicted octanol–water partition coefficient (Wildman–Crippen LogP) is 1.48. The van der Waals surface area contributed by atoms with Gasteiger partial charge >= 0.3 is 0 Å². The van der Waals surface area contributed by atoms with Gasteiger partial charge < -0.3 is 10.6 Å². The van der Waals surface area contributed by atoms with Crippen LogP contribution < -0.4 is 5.73 Å². The molecule has 17 heavy (non-hydrogen) atoms. The minimum absolute atomic E-state index is 0.00204. The number of carbonyl (C=O) groups excluding carboxylic acids is 1. The summed E-state index contributed by atoms with van der Waals surface area (Å²) in [5.74, 6) is 0.0191. The summed E-state index contributed by atoms with van der Waals surface area (Å²) >= 11 is 0. The lowest BCUT2D eigenvalue weighted by Gasteiger charge is -2.30. The predicted molar refractivity (Wildman–Crippen MR) is 66.2 cm³/mol. The van der Waals surface area contributed by atoms with E-state index in [0.29, 0.717) is 6.04 Å². The largest absolute Gasteiger partial charge is 0.330 e. The number of hydrogen-bond acceptors (Lipinski definition) is 3. The summed E-state index contributed by atoms with van der Waals surface area (Å²) in [6.07, 6.45) is 3.92. The van der Waals surface area contributed by atoms with Gasteiger partial charge in [0.25, 0.3) is 0 Å². The van der Waals surface area contributed by atoms with Crippen LogP contribution in [0.3, 0.4) is 0 Å². The molecule has 1 heterocycles. The molecule has 1 amide bonds. The number of nitrogens with zero attached hydrogens (tertiary/aromatic N) is 2. The van der Waals surface area contributed by atoms with Crippen LogP contribution >= 0.6 is 0 Å². The average molecular weight is 233 g/mol. The van der Waals surface area contributed by atoms with Crippen molar-refractivity contribution in [3.8, 4) is 0 Å². The number of hydrogen-bond donors (Lipinski definition) is 1. The normalized spacial score (nSPS) is 18.5. The third-order valence-electron chi connectivity index (χ3n) is 3.12. The van der Waals surface area contributed by atoms with E-state index in [0.717, 1.165) is 18.5 Å². The lowest BCUT2D eigenvalue weighted by Crippen LogP contribution is -2.44. The Bertz CT molecular complexity index is 387. The first-order chi connectivity index (χ1) is 8.11. The maximum absolute atomic E-state index is 12.1. The molecule has 0 spiro atoms. The zero-order valence-corrected chi connectivity index (χ0v) is 10.3. The van der Waals surface area contributed by atoms with Gasteiger partial charge in [-0.05, 0) is 38.8 Å². The maximum atomic E-state index is 12.1. The van der Waals surface area contributed by atoms with Crippen molar-refractivity contribution in [1.29, 1.82) is 0 Å². The number of carbonyl (C=O) groups is 1. The first-order valence-corrected chi connectivity index (χ1v) is 6.10. The van der Waals surface area contributed by atoms with Crippen molar-refractivity contribution in [3.63, 3.8) is 0 Å². The van der Waals surface area contributed by atoms with Crippen molar-refractivity contribution in [2.45, 2.75) is 44.8 Å². The van der Waals surface area contributed by atoms with E-state index in [2.05, 4.69) is 4.98 Å². The van der Waals surface area contributed by atoms with Gasteiger partial charge in [0.15, 0.2) is 0 Å². The van der Waals surface area contributed by atoms with Gasteiger partial charge in [0, 0.05) is 12.2 Å². The Balaban J connectivity index is 2.19. The molecule has 4 nitrogen and oxygen atoms in total. The Hall–Kier alpha value is -1.42. The van der Waals surface area contributed by atoms with Gasteiger partial charge in [0.05, 0.1) is 17.8 Å². The SMILES string of the molecule is CC(N)C(=O)N(C1CC1)[C@@H](C)c1ccccn1. The number of aromatic nitrogens is 1. The summed E-state index contributed by atoms with van der Waals surface area (Å²) in [4.78, 5) is 18.3. The standard InChI is InChI=1S/C13H19N3O/c1-9(14)13(17)16(11-6-7-11)10(2)12-5-3-4-8-15-12/h3-5,8-11H,6-7,14H2,1-2H3/t9?,10-/m0/s1. The van der Waals surface area contributed by atoms with Crippen LogP contribution in [0.5, 0.6) is 0 Å². The van der Waals surface area contributed by atoms with Crippen molar-refractivity contribution in [3.05, 3.63) is 30.1 Å². The van der Waals surface area contributed by atoms with Crippen LogP contribution in [0.4, 0.5) is 0 Å². The Labute approximate surface area is 102 Å². The van der Waals surface area contributed by atoms with Crippen LogP contribution in [0, 0.1) is 0 Å². The molecule has 0 saturated heterocycles.